The molecule has 0 fully saturated rings. The molecule has 6 rings (SSSR count). The molecule has 0 aliphatic carbocycles. The molecular weight excluding hydrogens is 608 g/mol. The number of nitrogens with zero attached hydrogens (tertiary/aromatic N) is 5. The first kappa shape index (κ1) is 30.6. The van der Waals surface area contributed by atoms with Crippen molar-refractivity contribution in [3.8, 4) is 5.69 Å². The fraction of sp³-hybridized carbons (Fsp3) is 0.281. The van der Waals surface area contributed by atoms with Crippen LogP contribution in [0, 0.1) is 0 Å². The third kappa shape index (κ3) is 6.38. The van der Waals surface area contributed by atoms with E-state index in [2.05, 4.69) is 30.9 Å². The SMILES string of the molecule is C[C@@H]1C[C@@H](C(=O)NCc2cc3cnc(NC(=O)OC(C)(C)C)cc3s2)n2c1ncc(Nc1nccn(-c3ccccc3)c1=O)c2=O. The molecule has 1 aliphatic rings. The van der Waals surface area contributed by atoms with E-state index in [1.165, 1.54) is 32.9 Å². The summed E-state index contributed by atoms with van der Waals surface area (Å²) in [4.78, 5) is 66.2. The van der Waals surface area contributed by atoms with Gasteiger partial charge in [0, 0.05) is 45.2 Å². The molecule has 5 aromatic rings. The van der Waals surface area contributed by atoms with Gasteiger partial charge in [-0.1, -0.05) is 25.1 Å². The van der Waals surface area contributed by atoms with E-state index in [9.17, 15) is 19.2 Å². The molecule has 2 amide bonds. The summed E-state index contributed by atoms with van der Waals surface area (Å²) in [6.07, 6.45) is 5.85. The number of hydrogen-bond acceptors (Lipinski definition) is 10. The Labute approximate surface area is 267 Å². The molecular formula is C32H32N8O5S. The van der Waals surface area contributed by atoms with Crippen molar-refractivity contribution < 1.29 is 14.3 Å². The molecule has 2 atom stereocenters. The lowest BCUT2D eigenvalue weighted by Gasteiger charge is -2.19. The summed E-state index contributed by atoms with van der Waals surface area (Å²) in [5.74, 6) is 0.363. The highest BCUT2D eigenvalue weighted by molar-refractivity contribution is 7.19. The monoisotopic (exact) mass is 640 g/mol. The van der Waals surface area contributed by atoms with E-state index in [0.29, 0.717) is 23.8 Å². The maximum Gasteiger partial charge on any atom is 0.413 e. The molecule has 46 heavy (non-hydrogen) atoms. The molecule has 14 heteroatoms. The number of para-hydroxylation sites is 1. The Kier molecular flexibility index (Phi) is 8.13. The highest BCUT2D eigenvalue weighted by atomic mass is 32.1. The molecule has 0 spiro atoms. The third-order valence-corrected chi connectivity index (χ3v) is 8.40. The number of benzene rings is 1. The number of aromatic nitrogens is 5. The van der Waals surface area contributed by atoms with Gasteiger partial charge in [0.1, 0.15) is 29.0 Å². The molecule has 5 heterocycles. The number of anilines is 3. The van der Waals surface area contributed by atoms with E-state index >= 15 is 0 Å². The van der Waals surface area contributed by atoms with Crippen molar-refractivity contribution in [3.05, 3.63) is 98.7 Å². The van der Waals surface area contributed by atoms with Crippen LogP contribution in [0.25, 0.3) is 15.8 Å². The zero-order valence-electron chi connectivity index (χ0n) is 25.6. The van der Waals surface area contributed by atoms with Crippen LogP contribution in [0.1, 0.15) is 56.8 Å². The van der Waals surface area contributed by atoms with Crippen LogP contribution in [0.3, 0.4) is 0 Å². The fourth-order valence-corrected chi connectivity index (χ4v) is 6.28. The summed E-state index contributed by atoms with van der Waals surface area (Å²) in [6, 6.07) is 12.0. The average Bonchev–Trinajstić information content (AvgIpc) is 3.58. The second kappa shape index (κ2) is 12.2. The molecule has 3 N–H and O–H groups in total. The van der Waals surface area contributed by atoms with E-state index in [1.54, 1.807) is 51.4 Å². The number of amides is 2. The predicted molar refractivity (Wildman–Crippen MR) is 175 cm³/mol. The van der Waals surface area contributed by atoms with E-state index in [-0.39, 0.29) is 29.9 Å². The van der Waals surface area contributed by atoms with Crippen molar-refractivity contribution in [2.75, 3.05) is 10.6 Å². The van der Waals surface area contributed by atoms with Gasteiger partial charge in [0.25, 0.3) is 11.1 Å². The first-order chi connectivity index (χ1) is 22.0. The van der Waals surface area contributed by atoms with Gasteiger partial charge in [-0.15, -0.1) is 11.3 Å². The van der Waals surface area contributed by atoms with Crippen LogP contribution in [0.15, 0.2) is 76.8 Å². The van der Waals surface area contributed by atoms with E-state index in [0.717, 1.165) is 15.0 Å². The van der Waals surface area contributed by atoms with Crippen molar-refractivity contribution in [1.29, 1.82) is 0 Å². The Morgan fingerprint density at radius 3 is 2.59 bits per heavy atom. The van der Waals surface area contributed by atoms with Crippen LogP contribution >= 0.6 is 11.3 Å². The smallest absolute Gasteiger partial charge is 0.413 e. The van der Waals surface area contributed by atoms with Gasteiger partial charge in [-0.25, -0.2) is 19.7 Å². The molecule has 13 nitrogen and oxygen atoms in total. The molecule has 0 unspecified atom stereocenters. The standard InChI is InChI=1S/C32H32N8O5S/c1-18-12-23(28(41)36-16-21-13-19-15-34-25(14-24(19)46-21)38-31(44)45-32(2,3)4)40-27(18)35-17-22(29(40)42)37-26-30(43)39(11-10-33-26)20-8-6-5-7-9-20/h5-11,13-15,17-18,23H,12,16H2,1-4H3,(H,33,37)(H,36,41)(H,34,38,44)/t18-,23+/m1/s1. The predicted octanol–water partition coefficient (Wildman–Crippen LogP) is 4.85. The van der Waals surface area contributed by atoms with Gasteiger partial charge in [0.15, 0.2) is 5.82 Å². The lowest BCUT2D eigenvalue weighted by molar-refractivity contribution is -0.124. The van der Waals surface area contributed by atoms with Crippen molar-refractivity contribution in [2.24, 2.45) is 0 Å². The van der Waals surface area contributed by atoms with E-state index < -0.39 is 28.9 Å². The van der Waals surface area contributed by atoms with E-state index in [4.69, 9.17) is 4.74 Å². The van der Waals surface area contributed by atoms with Gasteiger partial charge in [-0.3, -0.25) is 28.8 Å². The summed E-state index contributed by atoms with van der Waals surface area (Å²) in [5, 5.41) is 9.30. The number of carbonyl (C=O) groups is 2. The summed E-state index contributed by atoms with van der Waals surface area (Å²) in [5.41, 5.74) is -0.847. The average molecular weight is 641 g/mol. The van der Waals surface area contributed by atoms with Crippen LogP contribution in [0.4, 0.5) is 22.1 Å². The van der Waals surface area contributed by atoms with Crippen LogP contribution in [0.2, 0.25) is 0 Å². The van der Waals surface area contributed by atoms with E-state index in [1.807, 2.05) is 31.2 Å². The number of thiophene rings is 1. The van der Waals surface area contributed by atoms with Crippen LogP contribution < -0.4 is 27.1 Å². The van der Waals surface area contributed by atoms with Crippen molar-refractivity contribution in [1.82, 2.24) is 29.4 Å². The van der Waals surface area contributed by atoms with Gasteiger partial charge in [-0.05, 0) is 51.5 Å². The molecule has 236 valence electrons. The second-order valence-electron chi connectivity index (χ2n) is 11.9. The summed E-state index contributed by atoms with van der Waals surface area (Å²) in [6.45, 7) is 7.49. The first-order valence-electron chi connectivity index (χ1n) is 14.6. The largest absolute Gasteiger partial charge is 0.444 e. The minimum atomic E-state index is -0.780. The fourth-order valence-electron chi connectivity index (χ4n) is 5.26. The Morgan fingerprint density at radius 2 is 1.83 bits per heavy atom. The number of fused-ring (bicyclic) bond motifs is 2. The number of carbonyl (C=O) groups excluding carboxylic acids is 2. The van der Waals surface area contributed by atoms with Crippen molar-refractivity contribution in [2.45, 2.75) is 58.2 Å². The molecule has 4 aromatic heterocycles. The Hall–Kier alpha value is -5.37. The maximum absolute atomic E-state index is 13.7. The normalized spacial score (nSPS) is 15.7. The Balaban J connectivity index is 1.17. The third-order valence-electron chi connectivity index (χ3n) is 7.30. The summed E-state index contributed by atoms with van der Waals surface area (Å²) in [7, 11) is 0. The quantitative estimate of drug-likeness (QED) is 0.226. The number of pyridine rings is 1. The van der Waals surface area contributed by atoms with Crippen LogP contribution in [-0.4, -0.2) is 41.7 Å². The van der Waals surface area contributed by atoms with Crippen molar-refractivity contribution >= 4 is 50.7 Å². The van der Waals surface area contributed by atoms with Gasteiger partial charge < -0.3 is 15.4 Å². The summed E-state index contributed by atoms with van der Waals surface area (Å²) < 4.78 is 8.99. The Morgan fingerprint density at radius 1 is 1.04 bits per heavy atom. The highest BCUT2D eigenvalue weighted by Gasteiger charge is 2.36. The summed E-state index contributed by atoms with van der Waals surface area (Å²) >= 11 is 1.45. The van der Waals surface area contributed by atoms with Gasteiger partial charge in [0.2, 0.25) is 5.91 Å². The Bertz CT molecular complexity index is 2070. The minimum Gasteiger partial charge on any atom is -0.444 e. The van der Waals surface area contributed by atoms with Crippen LogP contribution in [0.5, 0.6) is 0 Å². The van der Waals surface area contributed by atoms with Gasteiger partial charge in [0.05, 0.1) is 12.7 Å². The highest BCUT2D eigenvalue weighted by Crippen LogP contribution is 2.34. The topological polar surface area (TPSA) is 162 Å². The zero-order valence-corrected chi connectivity index (χ0v) is 26.4. The number of ether oxygens (including phenoxy) is 1. The molecule has 0 bridgehead atoms. The zero-order chi connectivity index (χ0) is 32.6. The number of nitrogens with one attached hydrogen (secondary N) is 3. The molecule has 0 saturated carbocycles. The maximum atomic E-state index is 13.7. The minimum absolute atomic E-state index is 0.0402. The lowest BCUT2D eigenvalue weighted by atomic mass is 10.1. The first-order valence-corrected chi connectivity index (χ1v) is 15.5. The number of hydrogen-bond donors (Lipinski definition) is 3. The van der Waals surface area contributed by atoms with Gasteiger partial charge in [-0.2, -0.15) is 0 Å². The molecule has 1 aliphatic heterocycles. The number of rotatable bonds is 7. The lowest BCUT2D eigenvalue weighted by Crippen LogP contribution is -2.36. The molecule has 0 saturated heterocycles. The van der Waals surface area contributed by atoms with Crippen molar-refractivity contribution in [3.63, 3.8) is 0 Å². The second-order valence-corrected chi connectivity index (χ2v) is 13.1. The molecule has 0 radical (unpaired) electrons. The molecule has 1 aromatic carbocycles. The van der Waals surface area contributed by atoms with Gasteiger partial charge >= 0.3 is 6.09 Å². The van der Waals surface area contributed by atoms with Crippen LogP contribution in [-0.2, 0) is 16.1 Å².